The van der Waals surface area contributed by atoms with Crippen LogP contribution in [-0.2, 0) is 0 Å². The number of amides is 2. The quantitative estimate of drug-likeness (QED) is 0.255. The van der Waals surface area contributed by atoms with Crippen LogP contribution >= 0.6 is 0 Å². The summed E-state index contributed by atoms with van der Waals surface area (Å²) in [7, 11) is 0. The minimum absolute atomic E-state index is 0.0357. The molecule has 5 aromatic rings. The van der Waals surface area contributed by atoms with E-state index in [1.165, 1.54) is 12.1 Å². The number of carbonyl (C=O) groups excluding carboxylic acids is 2. The van der Waals surface area contributed by atoms with Gasteiger partial charge in [0.15, 0.2) is 0 Å². The van der Waals surface area contributed by atoms with Gasteiger partial charge in [0.25, 0.3) is 0 Å². The Labute approximate surface area is 179 Å². The summed E-state index contributed by atoms with van der Waals surface area (Å²) in [6, 6.07) is 12.3. The topological polar surface area (TPSA) is 161 Å². The highest BCUT2D eigenvalue weighted by molar-refractivity contribution is 6.39. The van der Waals surface area contributed by atoms with Crippen LogP contribution in [0.25, 0.3) is 43.1 Å². The number of hydrogen-bond acceptors (Lipinski definition) is 4. The zero-order chi connectivity index (χ0) is 22.9. The Morgan fingerprint density at radius 3 is 1.72 bits per heavy atom. The van der Waals surface area contributed by atoms with Crippen molar-refractivity contribution < 1.29 is 29.4 Å². The van der Waals surface area contributed by atoms with Gasteiger partial charge in [-0.1, -0.05) is 30.3 Å². The van der Waals surface area contributed by atoms with Gasteiger partial charge in [0, 0.05) is 21.9 Å². The molecule has 156 valence electrons. The zero-order valence-corrected chi connectivity index (χ0v) is 16.3. The number of nitrogens with two attached hydrogens (primary N) is 2. The van der Waals surface area contributed by atoms with Crippen LogP contribution in [0.1, 0.15) is 41.4 Å². The van der Waals surface area contributed by atoms with E-state index in [-0.39, 0.29) is 33.0 Å². The van der Waals surface area contributed by atoms with Crippen molar-refractivity contribution in [1.82, 2.24) is 0 Å². The fourth-order valence-corrected chi connectivity index (χ4v) is 4.66. The van der Waals surface area contributed by atoms with Crippen molar-refractivity contribution in [3.63, 3.8) is 0 Å². The van der Waals surface area contributed by atoms with Crippen molar-refractivity contribution in [2.75, 3.05) is 0 Å². The van der Waals surface area contributed by atoms with Crippen molar-refractivity contribution >= 4 is 66.8 Å². The molecule has 5 rings (SSSR count). The first-order valence-corrected chi connectivity index (χ1v) is 9.48. The smallest absolute Gasteiger partial charge is 0.336 e. The van der Waals surface area contributed by atoms with Crippen molar-refractivity contribution in [3.05, 3.63) is 70.8 Å². The number of carboxylic acids is 2. The third-order valence-electron chi connectivity index (χ3n) is 5.87. The number of benzene rings is 5. The Balaban J connectivity index is 2.23. The molecule has 0 aliphatic carbocycles. The molecule has 0 fully saturated rings. The van der Waals surface area contributed by atoms with Gasteiger partial charge in [0.2, 0.25) is 11.8 Å². The molecule has 0 saturated carbocycles. The van der Waals surface area contributed by atoms with Crippen LogP contribution in [0.5, 0.6) is 0 Å². The normalized spacial score (nSPS) is 11.5. The highest BCUT2D eigenvalue weighted by Crippen LogP contribution is 2.44. The number of rotatable bonds is 4. The second-order valence-electron chi connectivity index (χ2n) is 7.48. The third-order valence-corrected chi connectivity index (χ3v) is 5.87. The lowest BCUT2D eigenvalue weighted by atomic mass is 9.83. The third kappa shape index (κ3) is 2.37. The SMILES string of the molecule is NC(=O)c1ccc2c3cccc4c(C(=O)O)ccc(c5c(C(=O)O)cc(C(N)=O)c1c25)c43. The summed E-state index contributed by atoms with van der Waals surface area (Å²) in [5.74, 6) is -4.10. The summed E-state index contributed by atoms with van der Waals surface area (Å²) < 4.78 is 0. The van der Waals surface area contributed by atoms with Gasteiger partial charge < -0.3 is 21.7 Å². The van der Waals surface area contributed by atoms with Crippen LogP contribution in [0.15, 0.2) is 48.5 Å². The van der Waals surface area contributed by atoms with E-state index in [0.717, 1.165) is 6.07 Å². The van der Waals surface area contributed by atoms with Crippen LogP contribution < -0.4 is 11.5 Å². The van der Waals surface area contributed by atoms with Crippen LogP contribution in [0.2, 0.25) is 0 Å². The lowest BCUT2D eigenvalue weighted by molar-refractivity contribution is 0.0688. The van der Waals surface area contributed by atoms with Crippen LogP contribution in [0.3, 0.4) is 0 Å². The molecule has 0 radical (unpaired) electrons. The molecule has 32 heavy (non-hydrogen) atoms. The first kappa shape index (κ1) is 19.3. The molecule has 5 aromatic carbocycles. The molecule has 0 heterocycles. The number of hydrogen-bond donors (Lipinski definition) is 4. The lowest BCUT2D eigenvalue weighted by Crippen LogP contribution is -2.18. The minimum atomic E-state index is -1.30. The van der Waals surface area contributed by atoms with Gasteiger partial charge in [0.05, 0.1) is 11.1 Å². The fourth-order valence-electron chi connectivity index (χ4n) is 4.66. The van der Waals surface area contributed by atoms with Crippen molar-refractivity contribution in [3.8, 4) is 0 Å². The lowest BCUT2D eigenvalue weighted by Gasteiger charge is -2.19. The van der Waals surface area contributed by atoms with E-state index in [4.69, 9.17) is 11.5 Å². The summed E-state index contributed by atoms with van der Waals surface area (Å²) in [6.45, 7) is 0. The van der Waals surface area contributed by atoms with E-state index < -0.39 is 23.8 Å². The molecular formula is C24H14N2O6. The first-order chi connectivity index (χ1) is 15.2. The molecule has 2 amide bonds. The highest BCUT2D eigenvalue weighted by Gasteiger charge is 2.26. The standard InChI is InChI=1S/C24H14N2O6/c25-21(27)14-7-4-11-9-2-1-3-10-12(23(29)30)5-6-13(17(9)10)18-16(24(31)32)8-15(22(26)28)19(14)20(11)18/h1-8H,(H2,25,27)(H2,26,28)(H,29,30)(H,31,32). The number of primary amides is 2. The van der Waals surface area contributed by atoms with Gasteiger partial charge >= 0.3 is 11.9 Å². The van der Waals surface area contributed by atoms with E-state index in [1.54, 1.807) is 30.3 Å². The predicted octanol–water partition coefficient (Wildman–Crippen LogP) is 3.33. The van der Waals surface area contributed by atoms with E-state index in [9.17, 15) is 29.4 Å². The van der Waals surface area contributed by atoms with Gasteiger partial charge in [-0.05, 0) is 50.5 Å². The number of carbonyl (C=O) groups is 4. The van der Waals surface area contributed by atoms with Crippen LogP contribution in [0.4, 0.5) is 0 Å². The maximum atomic E-state index is 12.3. The van der Waals surface area contributed by atoms with E-state index >= 15 is 0 Å². The average Bonchev–Trinajstić information content (AvgIpc) is 2.75. The van der Waals surface area contributed by atoms with Gasteiger partial charge in [-0.15, -0.1) is 0 Å². The van der Waals surface area contributed by atoms with Crippen molar-refractivity contribution in [1.29, 1.82) is 0 Å². The van der Waals surface area contributed by atoms with E-state index in [2.05, 4.69) is 0 Å². The number of fused-ring (bicyclic) bond motifs is 2. The second kappa shape index (κ2) is 6.39. The molecule has 0 aliphatic rings. The largest absolute Gasteiger partial charge is 0.478 e. The molecule has 0 unspecified atom stereocenters. The second-order valence-corrected chi connectivity index (χ2v) is 7.48. The minimum Gasteiger partial charge on any atom is -0.478 e. The summed E-state index contributed by atoms with van der Waals surface area (Å²) in [4.78, 5) is 48.5. The fraction of sp³-hybridized carbons (Fsp3) is 0. The maximum Gasteiger partial charge on any atom is 0.336 e. The molecule has 0 bridgehead atoms. The Morgan fingerprint density at radius 1 is 0.531 bits per heavy atom. The van der Waals surface area contributed by atoms with Crippen molar-refractivity contribution in [2.45, 2.75) is 0 Å². The highest BCUT2D eigenvalue weighted by atomic mass is 16.4. The van der Waals surface area contributed by atoms with Gasteiger partial charge in [-0.3, -0.25) is 9.59 Å². The Hall–Kier alpha value is -4.72. The first-order valence-electron chi connectivity index (χ1n) is 9.48. The average molecular weight is 426 g/mol. The predicted molar refractivity (Wildman–Crippen MR) is 119 cm³/mol. The molecule has 0 aromatic heterocycles. The molecule has 0 saturated heterocycles. The van der Waals surface area contributed by atoms with Gasteiger partial charge in [0.1, 0.15) is 0 Å². The van der Waals surface area contributed by atoms with Gasteiger partial charge in [-0.2, -0.15) is 0 Å². The van der Waals surface area contributed by atoms with Crippen molar-refractivity contribution in [2.24, 2.45) is 11.5 Å². The molecule has 0 aliphatic heterocycles. The Morgan fingerprint density at radius 2 is 1.09 bits per heavy atom. The van der Waals surface area contributed by atoms with Crippen LogP contribution in [-0.4, -0.2) is 34.0 Å². The monoisotopic (exact) mass is 426 g/mol. The summed E-state index contributed by atoms with van der Waals surface area (Å²) >= 11 is 0. The number of aromatic carboxylic acids is 2. The Bertz CT molecular complexity index is 1690. The molecular weight excluding hydrogens is 412 g/mol. The molecule has 8 nitrogen and oxygen atoms in total. The Kier molecular flexibility index (Phi) is 3.84. The van der Waals surface area contributed by atoms with Gasteiger partial charge in [-0.25, -0.2) is 9.59 Å². The summed E-state index contributed by atoms with van der Waals surface area (Å²) in [5.41, 5.74) is 10.9. The molecule has 0 spiro atoms. The number of carboxylic acid groups (broad SMARTS) is 2. The van der Waals surface area contributed by atoms with Crippen LogP contribution in [0, 0.1) is 0 Å². The molecule has 6 N–H and O–H groups in total. The van der Waals surface area contributed by atoms with E-state index in [1.807, 2.05) is 0 Å². The van der Waals surface area contributed by atoms with E-state index in [0.29, 0.717) is 32.3 Å². The summed E-state index contributed by atoms with van der Waals surface area (Å²) in [6.07, 6.45) is 0. The summed E-state index contributed by atoms with van der Waals surface area (Å²) in [5, 5.41) is 23.1. The zero-order valence-electron chi connectivity index (χ0n) is 16.3. The molecule has 0 atom stereocenters. The maximum absolute atomic E-state index is 12.3. The molecule has 8 heteroatoms.